The number of hydrogen-bond donors (Lipinski definition) is 0. The Labute approximate surface area is 215 Å². The van der Waals surface area contributed by atoms with Crippen LogP contribution in [0.1, 0.15) is 0 Å². The van der Waals surface area contributed by atoms with Crippen LogP contribution in [-0.2, 0) is 20.3 Å². The first-order valence-corrected chi connectivity index (χ1v) is 32.9. The molecule has 0 aromatic rings. The predicted octanol–water partition coefficient (Wildman–Crippen LogP) is 3.06. The molecule has 178 valence electrons. The van der Waals surface area contributed by atoms with Crippen LogP contribution in [-0.4, -0.2) is 32.3 Å². The number of halogens is 2. The molecule has 2 unspecified atom stereocenters. The molecule has 0 aromatic carbocycles. The molecule has 0 N–H and O–H groups in total. The van der Waals surface area contributed by atoms with Crippen LogP contribution in [0.4, 0.5) is 0 Å². The van der Waals surface area contributed by atoms with Gasteiger partial charge in [-0.15, -0.1) is 0 Å². The topological polar surface area (TPSA) is 0 Å². The van der Waals surface area contributed by atoms with Crippen LogP contribution in [0.15, 0.2) is 46.8 Å². The van der Waals surface area contributed by atoms with Gasteiger partial charge >= 0.3 is 193 Å². The summed E-state index contributed by atoms with van der Waals surface area (Å²) in [5, 5.41) is 3.43. The van der Waals surface area contributed by atoms with Crippen LogP contribution >= 0.6 is 0 Å². The standard InChI is InChI=1S/2C11H21Si2.2CH3.2ClH.Zr/c2*1-12(2,3)10-7-8-11(9-10)13(4,5)6;;;;;/h2*7-9H,1-6H3;2*1H3;2*1H;/q;;;;;;+2/p-2. The third-order valence-electron chi connectivity index (χ3n) is 8.10. The molecule has 0 saturated heterocycles. The van der Waals surface area contributed by atoms with E-state index in [0.29, 0.717) is 5.49 Å². The molecular formula is C24H48Cl2Si4Zr. The van der Waals surface area contributed by atoms with Crippen molar-refractivity contribution >= 4 is 32.3 Å². The molecular weight excluding hydrogens is 563 g/mol. The number of allylic oxidation sites excluding steroid dienone is 8. The van der Waals surface area contributed by atoms with Gasteiger partial charge in [-0.25, -0.2) is 0 Å². The van der Waals surface area contributed by atoms with E-state index in [1.54, 1.807) is 10.4 Å². The van der Waals surface area contributed by atoms with Crippen LogP contribution in [0, 0.1) is 0 Å². The van der Waals surface area contributed by atoms with E-state index < -0.39 is 52.6 Å². The fraction of sp³-hybridized carbons (Fsp3) is 0.667. The second-order valence-electron chi connectivity index (χ2n) is 14.2. The minimum atomic E-state index is -2.81. The zero-order valence-corrected chi connectivity index (χ0v) is 30.7. The summed E-state index contributed by atoms with van der Waals surface area (Å²) in [5.74, 6) is 0. The molecule has 0 saturated carbocycles. The van der Waals surface area contributed by atoms with E-state index >= 15 is 0 Å². The van der Waals surface area contributed by atoms with Crippen molar-refractivity contribution in [3.8, 4) is 0 Å². The average molecular weight is 611 g/mol. The second-order valence-corrected chi connectivity index (χ2v) is 49.6. The van der Waals surface area contributed by atoms with Crippen molar-refractivity contribution in [1.29, 1.82) is 0 Å². The summed E-state index contributed by atoms with van der Waals surface area (Å²) in [4.78, 5) is 0. The first-order valence-electron chi connectivity index (χ1n) is 11.5. The normalized spacial score (nSPS) is 26.4. The van der Waals surface area contributed by atoms with E-state index in [4.69, 9.17) is 0 Å². The molecule has 2 aliphatic rings. The van der Waals surface area contributed by atoms with Gasteiger partial charge in [0.05, 0.1) is 0 Å². The van der Waals surface area contributed by atoms with Gasteiger partial charge in [-0.3, -0.25) is 0 Å². The first-order chi connectivity index (χ1) is 12.6. The monoisotopic (exact) mass is 608 g/mol. The summed E-state index contributed by atoms with van der Waals surface area (Å²) in [5.41, 5.74) is 0. The van der Waals surface area contributed by atoms with Crippen molar-refractivity contribution in [1.82, 2.24) is 0 Å². The molecule has 0 radical (unpaired) electrons. The second kappa shape index (κ2) is 9.39. The van der Waals surface area contributed by atoms with Crippen molar-refractivity contribution in [2.24, 2.45) is 0 Å². The van der Waals surface area contributed by atoms with Gasteiger partial charge in [0.1, 0.15) is 0 Å². The van der Waals surface area contributed by atoms with Crippen molar-refractivity contribution in [3.63, 3.8) is 0 Å². The van der Waals surface area contributed by atoms with Crippen LogP contribution in [0.5, 0.6) is 0 Å². The van der Waals surface area contributed by atoms with Crippen molar-refractivity contribution in [2.45, 2.75) is 93.3 Å². The Bertz CT molecular complexity index is 733. The summed E-state index contributed by atoms with van der Waals surface area (Å²) in [6.07, 6.45) is 16.4. The van der Waals surface area contributed by atoms with Gasteiger partial charge < -0.3 is 24.8 Å². The summed E-state index contributed by atoms with van der Waals surface area (Å²) in [7, 11) is -5.56. The number of hydrogen-bond acceptors (Lipinski definition) is 0. The number of rotatable bonds is 6. The Balaban J connectivity index is 0.00000450. The van der Waals surface area contributed by atoms with Crippen molar-refractivity contribution < 1.29 is 45.1 Å². The third-order valence-corrected chi connectivity index (χ3v) is 47.9. The molecule has 2 aliphatic carbocycles. The predicted molar refractivity (Wildman–Crippen MR) is 145 cm³/mol. The summed E-state index contributed by atoms with van der Waals surface area (Å²) in [6.45, 7) is 31.1. The third kappa shape index (κ3) is 5.28. The Morgan fingerprint density at radius 3 is 0.968 bits per heavy atom. The van der Waals surface area contributed by atoms with E-state index in [9.17, 15) is 0 Å². The van der Waals surface area contributed by atoms with Gasteiger partial charge in [-0.05, 0) is 0 Å². The Kier molecular flexibility index (Phi) is 9.78. The molecule has 2 rings (SSSR count). The Hall–Kier alpha value is 1.29. The van der Waals surface area contributed by atoms with Crippen LogP contribution < -0.4 is 24.8 Å². The molecule has 0 spiro atoms. The van der Waals surface area contributed by atoms with Gasteiger partial charge in [0.2, 0.25) is 0 Å². The van der Waals surface area contributed by atoms with Crippen LogP contribution in [0.25, 0.3) is 0 Å². The maximum absolute atomic E-state index is 2.87. The smallest absolute Gasteiger partial charge is 1.00 e. The fourth-order valence-corrected chi connectivity index (χ4v) is 53.1. The zero-order chi connectivity index (χ0) is 22.9. The van der Waals surface area contributed by atoms with E-state index in [-0.39, 0.29) is 24.8 Å². The minimum Gasteiger partial charge on any atom is -1.00 e. The van der Waals surface area contributed by atoms with Gasteiger partial charge in [0.15, 0.2) is 0 Å². The largest absolute Gasteiger partial charge is 1.00 e. The molecule has 31 heavy (non-hydrogen) atoms. The Morgan fingerprint density at radius 2 is 0.806 bits per heavy atom. The first kappa shape index (κ1) is 32.3. The molecule has 2 atom stereocenters. The van der Waals surface area contributed by atoms with E-state index in [2.05, 4.69) is 124 Å². The van der Waals surface area contributed by atoms with Gasteiger partial charge in [0, 0.05) is 0 Å². The van der Waals surface area contributed by atoms with E-state index in [0.717, 1.165) is 0 Å². The maximum Gasteiger partial charge on any atom is -1.00 e. The minimum absolute atomic E-state index is 0. The summed E-state index contributed by atoms with van der Waals surface area (Å²) >= 11 is -2.81. The zero-order valence-electron chi connectivity index (χ0n) is 22.7. The molecule has 0 aliphatic heterocycles. The molecule has 7 heteroatoms. The summed E-state index contributed by atoms with van der Waals surface area (Å²) in [6, 6.07) is 0. The molecule has 0 fully saturated rings. The SMILES string of the molecule is C[Si](C)(C)C1=C[C]([Si](C)(C)C)([Zr+2]([CH3])([CH3])[C]2([Si](C)(C)C)C=CC([Si](C)(C)C)=C2)C=C1.[Cl-].[Cl-]. The maximum atomic E-state index is 2.87. The molecule has 0 aromatic heterocycles. The molecule has 0 nitrogen and oxygen atoms in total. The Morgan fingerprint density at radius 1 is 0.548 bits per heavy atom. The van der Waals surface area contributed by atoms with Crippen molar-refractivity contribution in [3.05, 3.63) is 46.8 Å². The quantitative estimate of drug-likeness (QED) is 0.406. The van der Waals surface area contributed by atoms with Gasteiger partial charge in [-0.2, -0.15) is 0 Å². The van der Waals surface area contributed by atoms with Crippen LogP contribution in [0.2, 0.25) is 93.3 Å². The summed E-state index contributed by atoms with van der Waals surface area (Å²) < 4.78 is 6.45. The van der Waals surface area contributed by atoms with E-state index in [1.807, 2.05) is 0 Å². The van der Waals surface area contributed by atoms with Gasteiger partial charge in [0.25, 0.3) is 0 Å². The van der Waals surface area contributed by atoms with Crippen LogP contribution in [0.3, 0.4) is 0 Å². The van der Waals surface area contributed by atoms with Gasteiger partial charge in [-0.1, -0.05) is 0 Å². The average Bonchev–Trinajstić information content (AvgIpc) is 3.11. The molecule has 0 bridgehead atoms. The van der Waals surface area contributed by atoms with Crippen molar-refractivity contribution in [2.75, 3.05) is 0 Å². The molecule has 0 amide bonds. The fourth-order valence-electron chi connectivity index (χ4n) is 5.99. The molecule has 0 heterocycles. The van der Waals surface area contributed by atoms with E-state index in [1.165, 1.54) is 0 Å².